The highest BCUT2D eigenvalue weighted by Crippen LogP contribution is 2.29. The third-order valence-electron chi connectivity index (χ3n) is 6.07. The molecule has 1 aliphatic heterocycles. The number of nitrogens with one attached hydrogen (secondary N) is 1. The van der Waals surface area contributed by atoms with Crippen molar-refractivity contribution in [3.8, 4) is 0 Å². The van der Waals surface area contributed by atoms with E-state index in [1.165, 1.54) is 25.3 Å². The van der Waals surface area contributed by atoms with Gasteiger partial charge >= 0.3 is 6.18 Å². The number of halogens is 3. The van der Waals surface area contributed by atoms with E-state index in [0.29, 0.717) is 18.9 Å². The summed E-state index contributed by atoms with van der Waals surface area (Å²) >= 11 is 0. The number of hydrogen-bond donors (Lipinski definition) is 1. The molecule has 7 nitrogen and oxygen atoms in total. The van der Waals surface area contributed by atoms with Gasteiger partial charge in [0.25, 0.3) is 5.82 Å². The summed E-state index contributed by atoms with van der Waals surface area (Å²) in [5.41, 5.74) is 0.0432. The van der Waals surface area contributed by atoms with Crippen LogP contribution in [0, 0.1) is 5.92 Å². The molecule has 1 atom stereocenters. The van der Waals surface area contributed by atoms with E-state index >= 15 is 0 Å². The van der Waals surface area contributed by atoms with Crippen LogP contribution in [0.1, 0.15) is 63.6 Å². The Morgan fingerprint density at radius 3 is 2.47 bits per heavy atom. The van der Waals surface area contributed by atoms with E-state index in [4.69, 9.17) is 0 Å². The molecule has 2 fully saturated rings. The number of piperidine rings is 1. The van der Waals surface area contributed by atoms with Gasteiger partial charge in [0.05, 0.1) is 5.92 Å². The molecular formula is C20H27F3N6O. The summed E-state index contributed by atoms with van der Waals surface area (Å²) in [6.45, 7) is 1.09. The van der Waals surface area contributed by atoms with E-state index in [0.717, 1.165) is 43.0 Å². The second kappa shape index (κ2) is 8.77. The van der Waals surface area contributed by atoms with E-state index in [9.17, 15) is 18.0 Å². The van der Waals surface area contributed by atoms with Gasteiger partial charge in [0.1, 0.15) is 5.82 Å². The smallest absolute Gasteiger partial charge is 0.354 e. The van der Waals surface area contributed by atoms with Crippen LogP contribution in [0.4, 0.5) is 19.0 Å². The van der Waals surface area contributed by atoms with E-state index in [1.807, 2.05) is 4.90 Å². The fraction of sp³-hybridized carbons (Fsp3) is 0.700. The lowest BCUT2D eigenvalue weighted by Crippen LogP contribution is -2.46. The van der Waals surface area contributed by atoms with Crippen molar-refractivity contribution >= 4 is 17.4 Å². The molecule has 1 unspecified atom stereocenters. The van der Waals surface area contributed by atoms with Crippen molar-refractivity contribution in [2.75, 3.05) is 18.0 Å². The highest BCUT2D eigenvalue weighted by Gasteiger charge is 2.38. The predicted molar refractivity (Wildman–Crippen MR) is 105 cm³/mol. The summed E-state index contributed by atoms with van der Waals surface area (Å²) < 4.78 is 40.1. The van der Waals surface area contributed by atoms with Gasteiger partial charge in [-0.2, -0.15) is 17.7 Å². The summed E-state index contributed by atoms with van der Waals surface area (Å²) in [5.74, 6) is -0.887. The number of anilines is 1. The first-order chi connectivity index (χ1) is 14.4. The summed E-state index contributed by atoms with van der Waals surface area (Å²) in [6, 6.07) is 3.34. The second-order valence-corrected chi connectivity index (χ2v) is 8.32. The van der Waals surface area contributed by atoms with E-state index in [2.05, 4.69) is 20.6 Å². The van der Waals surface area contributed by atoms with Gasteiger partial charge in [0.15, 0.2) is 5.65 Å². The quantitative estimate of drug-likeness (QED) is 0.815. The minimum Gasteiger partial charge on any atom is -0.354 e. The molecular weight excluding hydrogens is 397 g/mol. The molecule has 1 N–H and O–H groups in total. The summed E-state index contributed by atoms with van der Waals surface area (Å²) in [4.78, 5) is 14.7. The molecule has 0 bridgehead atoms. The van der Waals surface area contributed by atoms with E-state index in [-0.39, 0.29) is 23.5 Å². The number of fused-ring (bicyclic) bond motifs is 1. The van der Waals surface area contributed by atoms with Crippen molar-refractivity contribution in [2.24, 2.45) is 5.92 Å². The van der Waals surface area contributed by atoms with Crippen LogP contribution in [0.2, 0.25) is 0 Å². The first-order valence-corrected chi connectivity index (χ1v) is 10.8. The lowest BCUT2D eigenvalue weighted by atomic mass is 9.94. The molecule has 1 saturated carbocycles. The Kier molecular flexibility index (Phi) is 6.10. The molecule has 0 spiro atoms. The average Bonchev–Trinajstić information content (AvgIpc) is 3.13. The number of carbonyl (C=O) groups excluding carboxylic acids is 1. The van der Waals surface area contributed by atoms with Gasteiger partial charge in [-0.05, 0) is 37.8 Å². The minimum atomic E-state index is -4.63. The molecule has 3 heterocycles. The molecule has 4 rings (SSSR count). The normalized spacial score (nSPS) is 22.0. The number of carbonyl (C=O) groups is 1. The van der Waals surface area contributed by atoms with Crippen molar-refractivity contribution in [3.63, 3.8) is 0 Å². The molecule has 164 valence electrons. The standard InChI is InChI=1S/C20H27F3N6O/c21-20(22,23)19-26-25-16-10-11-17(27-29(16)19)28-12-6-7-14(13-28)18(30)24-15-8-4-2-1-3-5-9-15/h10-11,14-15H,1-9,12-13H2,(H,24,30). The van der Waals surface area contributed by atoms with Crippen LogP contribution in [-0.4, -0.2) is 44.8 Å². The Morgan fingerprint density at radius 1 is 1.00 bits per heavy atom. The van der Waals surface area contributed by atoms with Crippen molar-refractivity contribution < 1.29 is 18.0 Å². The molecule has 2 aliphatic rings. The van der Waals surface area contributed by atoms with Gasteiger partial charge in [0.2, 0.25) is 5.91 Å². The summed E-state index contributed by atoms with van der Waals surface area (Å²) in [7, 11) is 0. The van der Waals surface area contributed by atoms with Crippen LogP contribution in [0.15, 0.2) is 12.1 Å². The first kappa shape index (κ1) is 20.9. The van der Waals surface area contributed by atoms with Crippen molar-refractivity contribution in [1.82, 2.24) is 25.1 Å². The zero-order valence-corrected chi connectivity index (χ0v) is 16.9. The van der Waals surface area contributed by atoms with Gasteiger partial charge < -0.3 is 10.2 Å². The van der Waals surface area contributed by atoms with Crippen LogP contribution in [0.5, 0.6) is 0 Å². The zero-order valence-electron chi connectivity index (χ0n) is 16.9. The maximum atomic E-state index is 13.1. The number of nitrogens with zero attached hydrogens (tertiary/aromatic N) is 5. The maximum absolute atomic E-state index is 13.1. The first-order valence-electron chi connectivity index (χ1n) is 10.8. The Balaban J connectivity index is 1.45. The highest BCUT2D eigenvalue weighted by atomic mass is 19.4. The Labute approximate surface area is 173 Å². The average molecular weight is 424 g/mol. The maximum Gasteiger partial charge on any atom is 0.453 e. The number of hydrogen-bond acceptors (Lipinski definition) is 5. The van der Waals surface area contributed by atoms with Crippen LogP contribution in [0.3, 0.4) is 0 Å². The molecule has 1 aliphatic carbocycles. The SMILES string of the molecule is O=C(NC1CCCCCCC1)C1CCCN(c2ccc3nnc(C(F)(F)F)n3n2)C1. The number of amides is 1. The summed E-state index contributed by atoms with van der Waals surface area (Å²) in [5, 5.41) is 14.1. The third kappa shape index (κ3) is 4.67. The minimum absolute atomic E-state index is 0.0432. The lowest BCUT2D eigenvalue weighted by Gasteiger charge is -2.33. The van der Waals surface area contributed by atoms with Crippen LogP contribution in [-0.2, 0) is 11.0 Å². The highest BCUT2D eigenvalue weighted by molar-refractivity contribution is 5.79. The van der Waals surface area contributed by atoms with Gasteiger partial charge in [-0.1, -0.05) is 32.1 Å². The van der Waals surface area contributed by atoms with E-state index in [1.54, 1.807) is 6.07 Å². The van der Waals surface area contributed by atoms with Crippen LogP contribution >= 0.6 is 0 Å². The predicted octanol–water partition coefficient (Wildman–Crippen LogP) is 3.59. The lowest BCUT2D eigenvalue weighted by molar-refractivity contribution is -0.146. The fourth-order valence-corrected chi connectivity index (χ4v) is 4.44. The molecule has 30 heavy (non-hydrogen) atoms. The van der Waals surface area contributed by atoms with Gasteiger partial charge in [-0.25, -0.2) is 0 Å². The Morgan fingerprint density at radius 2 is 1.73 bits per heavy atom. The molecule has 2 aromatic rings. The van der Waals surface area contributed by atoms with Crippen molar-refractivity contribution in [1.29, 1.82) is 0 Å². The second-order valence-electron chi connectivity index (χ2n) is 8.32. The topological polar surface area (TPSA) is 75.4 Å². The molecule has 2 aromatic heterocycles. The van der Waals surface area contributed by atoms with Crippen LogP contribution in [0.25, 0.3) is 5.65 Å². The molecule has 1 saturated heterocycles. The molecule has 0 aromatic carbocycles. The molecule has 1 amide bonds. The van der Waals surface area contributed by atoms with Crippen molar-refractivity contribution in [3.05, 3.63) is 18.0 Å². The van der Waals surface area contributed by atoms with Crippen LogP contribution < -0.4 is 10.2 Å². The fourth-order valence-electron chi connectivity index (χ4n) is 4.44. The third-order valence-corrected chi connectivity index (χ3v) is 6.07. The monoisotopic (exact) mass is 424 g/mol. The number of rotatable bonds is 3. The summed E-state index contributed by atoms with van der Waals surface area (Å²) in [6.07, 6.45) is 4.99. The van der Waals surface area contributed by atoms with Crippen molar-refractivity contribution in [2.45, 2.75) is 70.0 Å². The zero-order chi connectivity index (χ0) is 21.1. The van der Waals surface area contributed by atoms with Gasteiger partial charge in [-0.15, -0.1) is 15.3 Å². The van der Waals surface area contributed by atoms with E-state index < -0.39 is 12.0 Å². The van der Waals surface area contributed by atoms with Gasteiger partial charge in [-0.3, -0.25) is 4.79 Å². The Bertz CT molecular complexity index is 875. The number of aromatic nitrogens is 4. The number of alkyl halides is 3. The Hall–Kier alpha value is -2.39. The van der Waals surface area contributed by atoms with Gasteiger partial charge in [0, 0.05) is 19.1 Å². The largest absolute Gasteiger partial charge is 0.453 e. The molecule has 0 radical (unpaired) electrons. The molecule has 10 heteroatoms.